The highest BCUT2D eigenvalue weighted by molar-refractivity contribution is 9.09. The molecule has 0 amide bonds. The van der Waals surface area contributed by atoms with Gasteiger partial charge in [-0.2, -0.15) is 0 Å². The summed E-state index contributed by atoms with van der Waals surface area (Å²) in [5, 5.41) is 0. The molecule has 0 aromatic heterocycles. The molecular formula is C14H25BrO. The number of ether oxygens (including phenoxy) is 1. The Balaban J connectivity index is 1.78. The second kappa shape index (κ2) is 6.39. The van der Waals surface area contributed by atoms with Gasteiger partial charge in [-0.3, -0.25) is 0 Å². The largest absolute Gasteiger partial charge is 0.374 e. The first kappa shape index (κ1) is 12.9. The average molecular weight is 289 g/mol. The van der Waals surface area contributed by atoms with E-state index in [0.717, 1.165) is 5.92 Å². The van der Waals surface area contributed by atoms with Crippen LogP contribution in [0.15, 0.2) is 0 Å². The van der Waals surface area contributed by atoms with Gasteiger partial charge in [0.15, 0.2) is 0 Å². The molecule has 0 radical (unpaired) electrons. The first-order valence-electron chi connectivity index (χ1n) is 7.07. The van der Waals surface area contributed by atoms with Crippen LogP contribution in [0.25, 0.3) is 0 Å². The van der Waals surface area contributed by atoms with E-state index in [4.69, 9.17) is 4.74 Å². The SMILES string of the molecule is CC(OC1CCCCC1Br)C1CCCCC1. The van der Waals surface area contributed by atoms with Gasteiger partial charge in [-0.05, 0) is 38.5 Å². The lowest BCUT2D eigenvalue weighted by molar-refractivity contribution is -0.0506. The Morgan fingerprint density at radius 1 is 0.938 bits per heavy atom. The van der Waals surface area contributed by atoms with Crippen molar-refractivity contribution < 1.29 is 4.74 Å². The number of halogens is 1. The number of hydrogen-bond donors (Lipinski definition) is 0. The third-order valence-electron chi connectivity index (χ3n) is 4.33. The Kier molecular flexibility index (Phi) is 5.15. The summed E-state index contributed by atoms with van der Waals surface area (Å²) < 4.78 is 6.30. The van der Waals surface area contributed by atoms with E-state index in [1.54, 1.807) is 0 Å². The van der Waals surface area contributed by atoms with Crippen LogP contribution in [0.1, 0.15) is 64.7 Å². The molecule has 0 N–H and O–H groups in total. The molecule has 2 fully saturated rings. The van der Waals surface area contributed by atoms with E-state index >= 15 is 0 Å². The minimum absolute atomic E-state index is 0.475. The molecular weight excluding hydrogens is 264 g/mol. The lowest BCUT2D eigenvalue weighted by Gasteiger charge is -2.34. The highest BCUT2D eigenvalue weighted by Gasteiger charge is 2.28. The van der Waals surface area contributed by atoms with E-state index in [2.05, 4.69) is 22.9 Å². The highest BCUT2D eigenvalue weighted by atomic mass is 79.9. The lowest BCUT2D eigenvalue weighted by Crippen LogP contribution is -2.34. The predicted octanol–water partition coefficient (Wildman–Crippen LogP) is 4.68. The summed E-state index contributed by atoms with van der Waals surface area (Å²) in [6, 6.07) is 0. The minimum atomic E-state index is 0.475. The quantitative estimate of drug-likeness (QED) is 0.686. The van der Waals surface area contributed by atoms with Crippen molar-refractivity contribution >= 4 is 15.9 Å². The van der Waals surface area contributed by atoms with Gasteiger partial charge in [0.05, 0.1) is 12.2 Å². The third-order valence-corrected chi connectivity index (χ3v) is 5.37. The van der Waals surface area contributed by atoms with Gasteiger partial charge in [0.1, 0.15) is 0 Å². The third kappa shape index (κ3) is 3.46. The smallest absolute Gasteiger partial charge is 0.0703 e. The normalized spacial score (nSPS) is 34.9. The zero-order valence-corrected chi connectivity index (χ0v) is 12.0. The summed E-state index contributed by atoms with van der Waals surface area (Å²) in [7, 11) is 0. The molecule has 3 atom stereocenters. The van der Waals surface area contributed by atoms with Gasteiger partial charge in [0.25, 0.3) is 0 Å². The molecule has 2 aliphatic rings. The van der Waals surface area contributed by atoms with E-state index in [9.17, 15) is 0 Å². The van der Waals surface area contributed by atoms with Crippen LogP contribution >= 0.6 is 15.9 Å². The van der Waals surface area contributed by atoms with Crippen LogP contribution in [-0.4, -0.2) is 17.0 Å². The molecule has 2 heteroatoms. The van der Waals surface area contributed by atoms with E-state index in [1.165, 1.54) is 57.8 Å². The number of hydrogen-bond acceptors (Lipinski definition) is 1. The fourth-order valence-electron chi connectivity index (χ4n) is 3.20. The van der Waals surface area contributed by atoms with E-state index in [-0.39, 0.29) is 0 Å². The molecule has 94 valence electrons. The molecule has 1 nitrogen and oxygen atoms in total. The molecule has 3 unspecified atom stereocenters. The molecule has 16 heavy (non-hydrogen) atoms. The van der Waals surface area contributed by atoms with Crippen molar-refractivity contribution in [2.45, 2.75) is 81.7 Å². The highest BCUT2D eigenvalue weighted by Crippen LogP contribution is 2.32. The van der Waals surface area contributed by atoms with Crippen molar-refractivity contribution in [3.63, 3.8) is 0 Å². The molecule has 0 saturated heterocycles. The standard InChI is InChI=1S/C14H25BrO/c1-11(12-7-3-2-4-8-12)16-14-10-6-5-9-13(14)15/h11-14H,2-10H2,1H3. The van der Waals surface area contributed by atoms with Crippen LogP contribution in [0.5, 0.6) is 0 Å². The minimum Gasteiger partial charge on any atom is -0.374 e. The van der Waals surface area contributed by atoms with Crippen LogP contribution in [0.3, 0.4) is 0 Å². The van der Waals surface area contributed by atoms with Crippen molar-refractivity contribution in [2.24, 2.45) is 5.92 Å². The summed E-state index contributed by atoms with van der Waals surface area (Å²) in [5.41, 5.74) is 0. The first-order valence-corrected chi connectivity index (χ1v) is 7.98. The zero-order chi connectivity index (χ0) is 11.4. The van der Waals surface area contributed by atoms with Crippen molar-refractivity contribution in [1.82, 2.24) is 0 Å². The average Bonchev–Trinajstić information content (AvgIpc) is 2.33. The fourth-order valence-corrected chi connectivity index (χ4v) is 3.91. The van der Waals surface area contributed by atoms with Crippen LogP contribution in [0.4, 0.5) is 0 Å². The summed E-state index contributed by atoms with van der Waals surface area (Å²) in [6.45, 7) is 2.30. The summed E-state index contributed by atoms with van der Waals surface area (Å²) >= 11 is 3.78. The van der Waals surface area contributed by atoms with Crippen LogP contribution < -0.4 is 0 Å². The molecule has 2 aliphatic carbocycles. The molecule has 0 heterocycles. The molecule has 0 bridgehead atoms. The Morgan fingerprint density at radius 3 is 2.25 bits per heavy atom. The van der Waals surface area contributed by atoms with E-state index in [1.807, 2.05) is 0 Å². The van der Waals surface area contributed by atoms with Gasteiger partial charge in [0.2, 0.25) is 0 Å². The second-order valence-corrected chi connectivity index (χ2v) is 6.75. The van der Waals surface area contributed by atoms with Gasteiger partial charge < -0.3 is 4.74 Å². The molecule has 0 spiro atoms. The van der Waals surface area contributed by atoms with Crippen molar-refractivity contribution in [3.05, 3.63) is 0 Å². The van der Waals surface area contributed by atoms with E-state index < -0.39 is 0 Å². The monoisotopic (exact) mass is 288 g/mol. The molecule has 2 rings (SSSR count). The zero-order valence-electron chi connectivity index (χ0n) is 10.5. The van der Waals surface area contributed by atoms with E-state index in [0.29, 0.717) is 17.0 Å². The summed E-state index contributed by atoms with van der Waals surface area (Å²) in [5.74, 6) is 0.829. The Hall–Kier alpha value is 0.440. The van der Waals surface area contributed by atoms with Crippen LogP contribution in [-0.2, 0) is 4.74 Å². The Morgan fingerprint density at radius 2 is 1.56 bits per heavy atom. The number of alkyl halides is 1. The molecule has 0 aromatic rings. The first-order chi connectivity index (χ1) is 7.77. The predicted molar refractivity (Wildman–Crippen MR) is 72.1 cm³/mol. The fraction of sp³-hybridized carbons (Fsp3) is 1.00. The Bertz CT molecular complexity index is 201. The topological polar surface area (TPSA) is 9.23 Å². The Labute approximate surface area is 108 Å². The van der Waals surface area contributed by atoms with Gasteiger partial charge in [0, 0.05) is 4.83 Å². The van der Waals surface area contributed by atoms with Crippen molar-refractivity contribution in [2.75, 3.05) is 0 Å². The number of rotatable bonds is 3. The van der Waals surface area contributed by atoms with Gasteiger partial charge in [-0.15, -0.1) is 0 Å². The second-order valence-electron chi connectivity index (χ2n) is 5.58. The summed E-state index contributed by atoms with van der Waals surface area (Å²) in [4.78, 5) is 0.604. The van der Waals surface area contributed by atoms with Gasteiger partial charge in [-0.25, -0.2) is 0 Å². The molecule has 2 saturated carbocycles. The van der Waals surface area contributed by atoms with Crippen molar-refractivity contribution in [1.29, 1.82) is 0 Å². The maximum atomic E-state index is 6.30. The van der Waals surface area contributed by atoms with Gasteiger partial charge in [-0.1, -0.05) is 48.0 Å². The van der Waals surface area contributed by atoms with Gasteiger partial charge >= 0.3 is 0 Å². The maximum absolute atomic E-state index is 6.30. The van der Waals surface area contributed by atoms with Crippen LogP contribution in [0, 0.1) is 5.92 Å². The maximum Gasteiger partial charge on any atom is 0.0703 e. The molecule has 0 aliphatic heterocycles. The molecule has 0 aromatic carbocycles. The van der Waals surface area contributed by atoms with Crippen LogP contribution in [0.2, 0.25) is 0 Å². The van der Waals surface area contributed by atoms with Crippen molar-refractivity contribution in [3.8, 4) is 0 Å². The lowest BCUT2D eigenvalue weighted by atomic mass is 9.85. The summed E-state index contributed by atoms with van der Waals surface area (Å²) in [6.07, 6.45) is 13.3.